The van der Waals surface area contributed by atoms with Crippen LogP contribution < -0.4 is 0 Å². The normalized spacial score (nSPS) is 31.3. The molecule has 6 atom stereocenters. The van der Waals surface area contributed by atoms with Crippen LogP contribution in [0.4, 0.5) is 0 Å². The van der Waals surface area contributed by atoms with Gasteiger partial charge in [0.15, 0.2) is 14.6 Å². The minimum atomic E-state index is -1.92. The van der Waals surface area contributed by atoms with Crippen LogP contribution in [0.2, 0.25) is 18.1 Å². The molecule has 4 nitrogen and oxygen atoms in total. The van der Waals surface area contributed by atoms with Gasteiger partial charge in [-0.1, -0.05) is 63.3 Å². The zero-order valence-corrected chi connectivity index (χ0v) is 19.5. The van der Waals surface area contributed by atoms with E-state index >= 15 is 0 Å². The van der Waals surface area contributed by atoms with Crippen LogP contribution >= 0.6 is 0 Å². The Morgan fingerprint density at radius 2 is 1.86 bits per heavy atom. The van der Waals surface area contributed by atoms with Crippen LogP contribution in [-0.2, 0) is 15.6 Å². The minimum Gasteiger partial charge on any atom is -0.411 e. The van der Waals surface area contributed by atoms with Crippen molar-refractivity contribution in [1.29, 1.82) is 0 Å². The topological polar surface area (TPSA) is 58.9 Å². The third kappa shape index (κ3) is 5.59. The van der Waals surface area contributed by atoms with Gasteiger partial charge in [-0.25, -0.2) is 0 Å². The molecule has 1 aliphatic carbocycles. The van der Waals surface area contributed by atoms with Crippen molar-refractivity contribution in [2.45, 2.75) is 89.2 Å². The number of ether oxygens (including phenoxy) is 1. The van der Waals surface area contributed by atoms with Crippen LogP contribution in [0.15, 0.2) is 42.5 Å². The van der Waals surface area contributed by atoms with Crippen molar-refractivity contribution >= 4 is 8.32 Å². The predicted octanol–water partition coefficient (Wildman–Crippen LogP) is 4.67. The lowest BCUT2D eigenvalue weighted by molar-refractivity contribution is -0.0949. The molecule has 0 radical (unpaired) electrons. The second kappa shape index (κ2) is 9.02. The minimum absolute atomic E-state index is 0.0228. The van der Waals surface area contributed by atoms with Gasteiger partial charge >= 0.3 is 0 Å². The number of aliphatic hydroxyl groups is 2. The highest BCUT2D eigenvalue weighted by molar-refractivity contribution is 6.74. The lowest BCUT2D eigenvalue weighted by Gasteiger charge is -2.39. The first-order valence-electron chi connectivity index (χ1n) is 11.0. The first-order chi connectivity index (χ1) is 13.6. The van der Waals surface area contributed by atoms with Gasteiger partial charge in [0.25, 0.3) is 0 Å². The number of fused-ring (bicyclic) bond motifs is 1. The van der Waals surface area contributed by atoms with Gasteiger partial charge in [-0.15, -0.1) is 0 Å². The number of rotatable bonds is 7. The highest BCUT2D eigenvalue weighted by Gasteiger charge is 2.47. The second-order valence-corrected chi connectivity index (χ2v) is 15.0. The predicted molar refractivity (Wildman–Crippen MR) is 119 cm³/mol. The molecule has 3 rings (SSSR count). The quantitative estimate of drug-likeness (QED) is 0.499. The van der Waals surface area contributed by atoms with Gasteiger partial charge in [-0.2, -0.15) is 0 Å². The second-order valence-electron chi connectivity index (χ2n) is 10.2. The summed E-state index contributed by atoms with van der Waals surface area (Å²) < 4.78 is 12.3. The fourth-order valence-corrected chi connectivity index (χ4v) is 5.59. The van der Waals surface area contributed by atoms with Crippen molar-refractivity contribution in [3.63, 3.8) is 0 Å². The van der Waals surface area contributed by atoms with Gasteiger partial charge in [-0.05, 0) is 42.5 Å². The Kier molecular flexibility index (Phi) is 7.06. The summed E-state index contributed by atoms with van der Waals surface area (Å²) >= 11 is 0. The van der Waals surface area contributed by atoms with Crippen molar-refractivity contribution in [1.82, 2.24) is 0 Å². The average Bonchev–Trinajstić information content (AvgIpc) is 3.12. The van der Waals surface area contributed by atoms with E-state index in [0.717, 1.165) is 12.8 Å². The van der Waals surface area contributed by atoms with Crippen LogP contribution in [-0.4, -0.2) is 43.1 Å². The lowest BCUT2D eigenvalue weighted by Crippen LogP contribution is -2.43. The maximum Gasteiger partial charge on any atom is 0.192 e. The molecule has 0 amide bonds. The molecule has 1 heterocycles. The maximum absolute atomic E-state index is 10.5. The zero-order valence-electron chi connectivity index (χ0n) is 18.5. The highest BCUT2D eigenvalue weighted by atomic mass is 28.4. The van der Waals surface area contributed by atoms with Crippen molar-refractivity contribution in [2.24, 2.45) is 11.8 Å². The Hall–Kier alpha value is -0.983. The van der Waals surface area contributed by atoms with E-state index in [9.17, 15) is 10.2 Å². The van der Waals surface area contributed by atoms with Crippen molar-refractivity contribution in [3.8, 4) is 0 Å². The maximum atomic E-state index is 10.5. The van der Waals surface area contributed by atoms with E-state index in [-0.39, 0.29) is 29.1 Å². The van der Waals surface area contributed by atoms with E-state index in [4.69, 9.17) is 9.16 Å². The van der Waals surface area contributed by atoms with E-state index in [0.29, 0.717) is 12.8 Å². The highest BCUT2D eigenvalue weighted by Crippen LogP contribution is 2.44. The Labute approximate surface area is 177 Å². The average molecular weight is 419 g/mol. The van der Waals surface area contributed by atoms with Gasteiger partial charge < -0.3 is 19.4 Å². The van der Waals surface area contributed by atoms with Crippen LogP contribution in [0.1, 0.15) is 45.6 Å². The van der Waals surface area contributed by atoms with Crippen LogP contribution in [0.25, 0.3) is 0 Å². The summed E-state index contributed by atoms with van der Waals surface area (Å²) in [5.74, 6) is 0.221. The number of hydrogen-bond acceptors (Lipinski definition) is 4. The molecule has 162 valence electrons. The van der Waals surface area contributed by atoms with Gasteiger partial charge in [0, 0.05) is 18.8 Å². The van der Waals surface area contributed by atoms with E-state index in [1.54, 1.807) is 0 Å². The Balaban J connectivity index is 1.72. The number of hydrogen-bond donors (Lipinski definition) is 2. The molecule has 2 fully saturated rings. The van der Waals surface area contributed by atoms with Crippen molar-refractivity contribution in [2.75, 3.05) is 0 Å². The van der Waals surface area contributed by atoms with E-state index < -0.39 is 20.7 Å². The first kappa shape index (κ1) is 22.7. The molecular formula is C24H38O4Si. The zero-order chi connectivity index (χ0) is 21.2. The van der Waals surface area contributed by atoms with Gasteiger partial charge in [-0.3, -0.25) is 0 Å². The van der Waals surface area contributed by atoms with Crippen molar-refractivity contribution in [3.05, 3.63) is 48.0 Å². The molecule has 0 spiro atoms. The van der Waals surface area contributed by atoms with Crippen LogP contribution in [0.5, 0.6) is 0 Å². The van der Waals surface area contributed by atoms with E-state index in [1.165, 1.54) is 5.56 Å². The molecule has 2 N–H and O–H groups in total. The molecule has 1 aliphatic heterocycles. The molecule has 1 saturated carbocycles. The molecule has 5 heteroatoms. The summed E-state index contributed by atoms with van der Waals surface area (Å²) in [6.45, 7) is 11.4. The largest absolute Gasteiger partial charge is 0.411 e. The molecule has 1 unspecified atom stereocenters. The van der Waals surface area contributed by atoms with Gasteiger partial charge in [0.05, 0.1) is 18.3 Å². The van der Waals surface area contributed by atoms with Crippen LogP contribution in [0, 0.1) is 11.8 Å². The summed E-state index contributed by atoms with van der Waals surface area (Å²) in [6, 6.07) is 10.5. The van der Waals surface area contributed by atoms with Gasteiger partial charge in [0.1, 0.15) is 0 Å². The summed E-state index contributed by atoms with van der Waals surface area (Å²) in [5, 5.41) is 20.5. The molecule has 2 aliphatic rings. The SMILES string of the molecule is CC(C)(C)[Si](C)(C)O[C@@H](/C=C/[C@H]1[C@H]2CC(O)O[C@H]2C[C@H]1O)CCc1ccccc1. The molecule has 1 aromatic carbocycles. The summed E-state index contributed by atoms with van der Waals surface area (Å²) in [4.78, 5) is 0. The third-order valence-electron chi connectivity index (χ3n) is 7.06. The number of aliphatic hydroxyl groups excluding tert-OH is 2. The third-order valence-corrected chi connectivity index (χ3v) is 11.6. The smallest absolute Gasteiger partial charge is 0.192 e. The van der Waals surface area contributed by atoms with E-state index in [2.05, 4.69) is 70.3 Å². The van der Waals surface area contributed by atoms with Gasteiger partial charge in [0.2, 0.25) is 0 Å². The number of benzene rings is 1. The van der Waals surface area contributed by atoms with Crippen LogP contribution in [0.3, 0.4) is 0 Å². The molecule has 1 saturated heterocycles. The molecule has 29 heavy (non-hydrogen) atoms. The fraction of sp³-hybridized carbons (Fsp3) is 0.667. The molecule has 0 bridgehead atoms. The number of aryl methyl sites for hydroxylation is 1. The Morgan fingerprint density at radius 3 is 2.52 bits per heavy atom. The Morgan fingerprint density at radius 1 is 1.17 bits per heavy atom. The first-order valence-corrected chi connectivity index (χ1v) is 13.9. The lowest BCUT2D eigenvalue weighted by atomic mass is 9.91. The molecule has 1 aromatic rings. The summed E-state index contributed by atoms with van der Waals surface area (Å²) in [5.41, 5.74) is 1.32. The van der Waals surface area contributed by atoms with Crippen molar-refractivity contribution < 1.29 is 19.4 Å². The molecular weight excluding hydrogens is 380 g/mol. The monoisotopic (exact) mass is 418 g/mol. The van der Waals surface area contributed by atoms with E-state index in [1.807, 2.05) is 6.07 Å². The summed E-state index contributed by atoms with van der Waals surface area (Å²) in [7, 11) is -1.92. The Bertz CT molecular complexity index is 682. The standard InChI is InChI=1S/C24H38O4Si/c1-24(2,3)29(4,5)28-18(12-11-17-9-7-6-8-10-17)13-14-19-20-15-23(26)27-22(20)16-21(19)25/h6-10,13-14,18-23,25-26H,11-12,15-16H2,1-5H3/b14-13+/t18-,19+,20-,21-,22+,23?/m1/s1. The molecule has 0 aromatic heterocycles. The summed E-state index contributed by atoms with van der Waals surface area (Å²) in [6.07, 6.45) is 6.30. The fourth-order valence-electron chi connectivity index (χ4n) is 4.29.